The van der Waals surface area contributed by atoms with E-state index in [2.05, 4.69) is 47.4 Å². The van der Waals surface area contributed by atoms with E-state index < -0.39 is 0 Å². The number of rotatable bonds is 3. The standard InChI is InChI=1S/C23H18N2/c24-23-22(19-14-8-3-9-15-19)20(17-10-4-1-5-11-17)16-21(25-23)18-12-6-2-7-13-18/h1-16H,(H2,24,25). The molecule has 4 rings (SSSR count). The smallest absolute Gasteiger partial charge is 0.132 e. The van der Waals surface area contributed by atoms with E-state index in [0.29, 0.717) is 5.82 Å². The summed E-state index contributed by atoms with van der Waals surface area (Å²) in [6, 6.07) is 32.8. The number of aromatic nitrogens is 1. The molecule has 120 valence electrons. The van der Waals surface area contributed by atoms with Gasteiger partial charge in [0.25, 0.3) is 0 Å². The summed E-state index contributed by atoms with van der Waals surface area (Å²) in [5.41, 5.74) is 12.6. The summed E-state index contributed by atoms with van der Waals surface area (Å²) in [7, 11) is 0. The van der Waals surface area contributed by atoms with Crippen LogP contribution in [-0.4, -0.2) is 4.98 Å². The van der Waals surface area contributed by atoms with Crippen molar-refractivity contribution in [1.82, 2.24) is 4.98 Å². The minimum Gasteiger partial charge on any atom is -0.383 e. The van der Waals surface area contributed by atoms with Crippen LogP contribution in [0, 0.1) is 0 Å². The molecular formula is C23H18N2. The molecular weight excluding hydrogens is 304 g/mol. The largest absolute Gasteiger partial charge is 0.383 e. The highest BCUT2D eigenvalue weighted by atomic mass is 14.8. The van der Waals surface area contributed by atoms with Gasteiger partial charge in [0.15, 0.2) is 0 Å². The number of anilines is 1. The lowest BCUT2D eigenvalue weighted by Gasteiger charge is -2.15. The normalized spacial score (nSPS) is 10.6. The third kappa shape index (κ3) is 3.02. The topological polar surface area (TPSA) is 38.9 Å². The van der Waals surface area contributed by atoms with Crippen molar-refractivity contribution in [3.63, 3.8) is 0 Å². The average molecular weight is 322 g/mol. The highest BCUT2D eigenvalue weighted by molar-refractivity contribution is 5.91. The zero-order valence-electron chi connectivity index (χ0n) is 13.8. The van der Waals surface area contributed by atoms with Gasteiger partial charge in [-0.15, -0.1) is 0 Å². The van der Waals surface area contributed by atoms with Gasteiger partial charge >= 0.3 is 0 Å². The lowest BCUT2D eigenvalue weighted by molar-refractivity contribution is 1.33. The van der Waals surface area contributed by atoms with E-state index in [1.165, 1.54) is 0 Å². The van der Waals surface area contributed by atoms with Gasteiger partial charge in [-0.25, -0.2) is 4.98 Å². The van der Waals surface area contributed by atoms with Crippen LogP contribution in [0.2, 0.25) is 0 Å². The van der Waals surface area contributed by atoms with Gasteiger partial charge in [0, 0.05) is 11.1 Å². The monoisotopic (exact) mass is 322 g/mol. The van der Waals surface area contributed by atoms with Gasteiger partial charge < -0.3 is 5.73 Å². The van der Waals surface area contributed by atoms with Crippen LogP contribution in [-0.2, 0) is 0 Å². The Morgan fingerprint density at radius 1 is 0.560 bits per heavy atom. The molecule has 0 saturated heterocycles. The summed E-state index contributed by atoms with van der Waals surface area (Å²) in [5.74, 6) is 0.548. The van der Waals surface area contributed by atoms with E-state index in [4.69, 9.17) is 5.73 Å². The Morgan fingerprint density at radius 2 is 1.04 bits per heavy atom. The molecule has 0 spiro atoms. The number of hydrogen-bond donors (Lipinski definition) is 1. The molecule has 0 atom stereocenters. The van der Waals surface area contributed by atoms with Crippen molar-refractivity contribution in [3.05, 3.63) is 97.1 Å². The number of benzene rings is 3. The summed E-state index contributed by atoms with van der Waals surface area (Å²) in [6.07, 6.45) is 0. The minimum atomic E-state index is 0.548. The molecule has 0 radical (unpaired) electrons. The lowest BCUT2D eigenvalue weighted by atomic mass is 9.93. The Hall–Kier alpha value is -3.39. The highest BCUT2D eigenvalue weighted by Gasteiger charge is 2.14. The molecule has 0 unspecified atom stereocenters. The molecule has 4 aromatic rings. The first-order chi connectivity index (χ1) is 12.3. The van der Waals surface area contributed by atoms with E-state index >= 15 is 0 Å². The van der Waals surface area contributed by atoms with Crippen molar-refractivity contribution < 1.29 is 0 Å². The van der Waals surface area contributed by atoms with Crippen molar-refractivity contribution in [2.45, 2.75) is 0 Å². The molecule has 2 nitrogen and oxygen atoms in total. The molecule has 3 aromatic carbocycles. The van der Waals surface area contributed by atoms with Crippen LogP contribution in [0.25, 0.3) is 33.5 Å². The molecule has 0 saturated carbocycles. The second kappa shape index (κ2) is 6.62. The Labute approximate surface area is 147 Å². The molecule has 0 aliphatic rings. The molecule has 2 N–H and O–H groups in total. The molecule has 0 fully saturated rings. The predicted molar refractivity (Wildman–Crippen MR) is 105 cm³/mol. The van der Waals surface area contributed by atoms with Crippen molar-refractivity contribution >= 4 is 5.82 Å². The fourth-order valence-corrected chi connectivity index (χ4v) is 3.08. The molecule has 1 aromatic heterocycles. The van der Waals surface area contributed by atoms with Crippen LogP contribution in [0.5, 0.6) is 0 Å². The van der Waals surface area contributed by atoms with E-state index in [0.717, 1.165) is 33.5 Å². The van der Waals surface area contributed by atoms with Gasteiger partial charge in [-0.1, -0.05) is 91.0 Å². The Kier molecular flexibility index (Phi) is 4.01. The fourth-order valence-electron chi connectivity index (χ4n) is 3.08. The first-order valence-corrected chi connectivity index (χ1v) is 8.30. The Bertz CT molecular complexity index is 978. The molecule has 2 heteroatoms. The second-order valence-electron chi connectivity index (χ2n) is 5.91. The quantitative estimate of drug-likeness (QED) is 0.528. The number of hydrogen-bond acceptors (Lipinski definition) is 2. The zero-order valence-corrected chi connectivity index (χ0v) is 13.8. The van der Waals surface area contributed by atoms with Gasteiger partial charge in [-0.3, -0.25) is 0 Å². The fraction of sp³-hybridized carbons (Fsp3) is 0. The van der Waals surface area contributed by atoms with Crippen molar-refractivity contribution in [2.24, 2.45) is 0 Å². The summed E-state index contributed by atoms with van der Waals surface area (Å²) >= 11 is 0. The average Bonchev–Trinajstić information content (AvgIpc) is 2.69. The molecule has 25 heavy (non-hydrogen) atoms. The van der Waals surface area contributed by atoms with Crippen LogP contribution in [0.4, 0.5) is 5.82 Å². The number of nitrogens with two attached hydrogens (primary N) is 1. The van der Waals surface area contributed by atoms with E-state index in [-0.39, 0.29) is 0 Å². The van der Waals surface area contributed by atoms with Crippen LogP contribution in [0.15, 0.2) is 97.1 Å². The molecule has 0 aliphatic carbocycles. The molecule has 1 heterocycles. The molecule has 0 aliphatic heterocycles. The highest BCUT2D eigenvalue weighted by Crippen LogP contribution is 2.38. The van der Waals surface area contributed by atoms with Gasteiger partial charge in [0.05, 0.1) is 5.69 Å². The van der Waals surface area contributed by atoms with Crippen molar-refractivity contribution in [2.75, 3.05) is 5.73 Å². The maximum Gasteiger partial charge on any atom is 0.132 e. The summed E-state index contributed by atoms with van der Waals surface area (Å²) in [4.78, 5) is 4.68. The SMILES string of the molecule is Nc1nc(-c2ccccc2)cc(-c2ccccc2)c1-c1ccccc1. The number of pyridine rings is 1. The summed E-state index contributed by atoms with van der Waals surface area (Å²) < 4.78 is 0. The second-order valence-corrected chi connectivity index (χ2v) is 5.91. The van der Waals surface area contributed by atoms with Gasteiger partial charge in [-0.2, -0.15) is 0 Å². The van der Waals surface area contributed by atoms with Crippen LogP contribution < -0.4 is 5.73 Å². The van der Waals surface area contributed by atoms with E-state index in [1.54, 1.807) is 0 Å². The Balaban J connectivity index is 1.99. The van der Waals surface area contributed by atoms with Crippen LogP contribution in [0.1, 0.15) is 0 Å². The summed E-state index contributed by atoms with van der Waals surface area (Å²) in [6.45, 7) is 0. The van der Waals surface area contributed by atoms with Crippen LogP contribution in [0.3, 0.4) is 0 Å². The number of nitrogens with zero attached hydrogens (tertiary/aromatic N) is 1. The van der Waals surface area contributed by atoms with Gasteiger partial charge in [-0.05, 0) is 22.8 Å². The molecule has 0 amide bonds. The first kappa shape index (κ1) is 15.2. The van der Waals surface area contributed by atoms with Crippen LogP contribution >= 0.6 is 0 Å². The minimum absolute atomic E-state index is 0.548. The van der Waals surface area contributed by atoms with Gasteiger partial charge in [0.2, 0.25) is 0 Å². The molecule has 0 bridgehead atoms. The summed E-state index contributed by atoms with van der Waals surface area (Å²) in [5, 5.41) is 0. The maximum absolute atomic E-state index is 6.42. The van der Waals surface area contributed by atoms with E-state index in [1.807, 2.05) is 54.6 Å². The van der Waals surface area contributed by atoms with E-state index in [9.17, 15) is 0 Å². The maximum atomic E-state index is 6.42. The van der Waals surface area contributed by atoms with Gasteiger partial charge in [0.1, 0.15) is 5.82 Å². The zero-order chi connectivity index (χ0) is 17.1. The lowest BCUT2D eigenvalue weighted by Crippen LogP contribution is -1.99. The first-order valence-electron chi connectivity index (χ1n) is 8.30. The predicted octanol–water partition coefficient (Wildman–Crippen LogP) is 5.66. The third-order valence-electron chi connectivity index (χ3n) is 4.26. The third-order valence-corrected chi connectivity index (χ3v) is 4.26. The Morgan fingerprint density at radius 3 is 1.60 bits per heavy atom. The van der Waals surface area contributed by atoms with Crippen molar-refractivity contribution in [3.8, 4) is 33.5 Å². The van der Waals surface area contributed by atoms with Crippen molar-refractivity contribution in [1.29, 1.82) is 0 Å². The number of nitrogen functional groups attached to an aromatic ring is 1.